The van der Waals surface area contributed by atoms with Gasteiger partial charge in [0.2, 0.25) is 5.91 Å². The number of nitrogens with two attached hydrogens (primary N) is 1. The molecule has 0 aromatic heterocycles. The molecule has 0 spiro atoms. The number of alkyl carbamates (subject to hydrolysis) is 1. The van der Waals surface area contributed by atoms with Crippen molar-refractivity contribution in [3.05, 3.63) is 0 Å². The fraction of sp³-hybridized carbons (Fsp3) is 0.800. The largest absolute Gasteiger partial charge is 0.444 e. The number of carbonyl (C=O) groups excluding carboxylic acids is 2. The van der Waals surface area contributed by atoms with Gasteiger partial charge >= 0.3 is 6.09 Å². The highest BCUT2D eigenvalue weighted by Crippen LogP contribution is 2.08. The first-order valence-electron chi connectivity index (χ1n) is 5.48. The van der Waals surface area contributed by atoms with Crippen molar-refractivity contribution in [3.63, 3.8) is 0 Å². The van der Waals surface area contributed by atoms with E-state index in [-0.39, 0.29) is 12.8 Å². The molecule has 0 aromatic rings. The highest BCUT2D eigenvalue weighted by molar-refractivity contribution is 5.84. The van der Waals surface area contributed by atoms with Gasteiger partial charge in [-0.25, -0.2) is 4.79 Å². The number of ether oxygens (including phenoxy) is 1. The monoisotopic (exact) mass is 217 g/mol. The van der Waals surface area contributed by atoms with E-state index >= 15 is 0 Å². The molecule has 0 saturated carbocycles. The molecule has 0 radical (unpaired) electrons. The average molecular weight is 217 g/mol. The maximum Gasteiger partial charge on any atom is 0.408 e. The number of nitrogens with one attached hydrogen (secondary N) is 1. The van der Waals surface area contributed by atoms with Crippen LogP contribution < -0.4 is 11.1 Å². The summed E-state index contributed by atoms with van der Waals surface area (Å²) in [5.41, 5.74) is 4.26. The number of primary amides is 1. The van der Waals surface area contributed by atoms with Crippen molar-refractivity contribution in [3.8, 4) is 0 Å². The van der Waals surface area contributed by atoms with Crippen LogP contribution in [-0.4, -0.2) is 23.6 Å². The van der Waals surface area contributed by atoms with Gasteiger partial charge in [-0.2, -0.15) is 0 Å². The molecule has 88 valence electrons. The third kappa shape index (κ3) is 5.93. The van der Waals surface area contributed by atoms with E-state index in [9.17, 15) is 9.59 Å². The molecule has 0 unspecified atom stereocenters. The predicted molar refractivity (Wildman–Crippen MR) is 57.2 cm³/mol. The zero-order valence-electron chi connectivity index (χ0n) is 10.7. The molecule has 3 N–H and O–H groups in total. The van der Waals surface area contributed by atoms with Crippen molar-refractivity contribution in [1.82, 2.24) is 5.32 Å². The molecule has 0 aliphatic carbocycles. The Bertz CT molecular complexity index is 267. The average Bonchev–Trinajstić information content (AvgIpc) is 2.12. The molecule has 0 aliphatic heterocycles. The second kappa shape index (κ2) is 5.00. The van der Waals surface area contributed by atoms with Gasteiger partial charge in [-0.1, -0.05) is 13.8 Å². The van der Waals surface area contributed by atoms with Gasteiger partial charge in [0.1, 0.15) is 11.6 Å². The van der Waals surface area contributed by atoms with Crippen LogP contribution in [-0.2, 0) is 9.53 Å². The van der Waals surface area contributed by atoms with E-state index in [0.29, 0.717) is 0 Å². The fourth-order valence-corrected chi connectivity index (χ4v) is 0.974. The lowest BCUT2D eigenvalue weighted by Gasteiger charge is -2.23. The first-order valence-corrected chi connectivity index (χ1v) is 4.77. The number of hydrogen-bond donors (Lipinski definition) is 2. The molecule has 5 nitrogen and oxygen atoms in total. The Morgan fingerprint density at radius 3 is 2.33 bits per heavy atom. The Hall–Kier alpha value is -1.26. The van der Waals surface area contributed by atoms with Crippen LogP contribution in [0.5, 0.6) is 0 Å². The van der Waals surface area contributed by atoms with Crippen molar-refractivity contribution < 1.29 is 15.7 Å². The summed E-state index contributed by atoms with van der Waals surface area (Å²) in [5, 5.41) is 2.39. The van der Waals surface area contributed by atoms with Crippen LogP contribution in [0.4, 0.5) is 4.79 Å². The zero-order valence-corrected chi connectivity index (χ0v) is 9.66. The molecule has 0 bridgehead atoms. The van der Waals surface area contributed by atoms with Crippen LogP contribution in [0.3, 0.4) is 0 Å². The summed E-state index contributed by atoms with van der Waals surface area (Å²) >= 11 is 0. The summed E-state index contributed by atoms with van der Waals surface area (Å²) in [6, 6.07) is -0.756. The molecule has 15 heavy (non-hydrogen) atoms. The summed E-state index contributed by atoms with van der Waals surface area (Å²) in [7, 11) is 0. The smallest absolute Gasteiger partial charge is 0.408 e. The lowest BCUT2D eigenvalue weighted by atomic mass is 10.0. The Kier molecular flexibility index (Phi) is 3.94. The van der Waals surface area contributed by atoms with Crippen LogP contribution in [0.15, 0.2) is 0 Å². The van der Waals surface area contributed by atoms with Crippen LogP contribution in [0.1, 0.15) is 36.0 Å². The molecule has 0 fully saturated rings. The summed E-state index contributed by atoms with van der Waals surface area (Å²) in [5.74, 6) is -0.709. The van der Waals surface area contributed by atoms with E-state index in [1.165, 1.54) is 0 Å². The maximum absolute atomic E-state index is 11.4. The van der Waals surface area contributed by atoms with Crippen LogP contribution in [0.2, 0.25) is 0 Å². The van der Waals surface area contributed by atoms with E-state index in [2.05, 4.69) is 5.32 Å². The maximum atomic E-state index is 11.4. The summed E-state index contributed by atoms with van der Waals surface area (Å²) in [6.45, 7) is 6.72. The molecule has 0 saturated heterocycles. The third-order valence-corrected chi connectivity index (χ3v) is 1.62. The predicted octanol–water partition coefficient (Wildman–Crippen LogP) is 1.02. The molecular weight excluding hydrogens is 196 g/mol. The second-order valence-corrected chi connectivity index (χ2v) is 4.42. The molecule has 0 rings (SSSR count). The van der Waals surface area contributed by atoms with Crippen molar-refractivity contribution in [2.75, 3.05) is 0 Å². The Morgan fingerprint density at radius 2 is 2.00 bits per heavy atom. The minimum Gasteiger partial charge on any atom is -0.444 e. The Labute approximate surface area is 91.8 Å². The summed E-state index contributed by atoms with van der Waals surface area (Å²) in [6.07, 6.45) is -0.727. The molecule has 0 heterocycles. The molecule has 0 aromatic carbocycles. The lowest BCUT2D eigenvalue weighted by molar-refractivity contribution is -0.121. The van der Waals surface area contributed by atoms with Gasteiger partial charge in [0.15, 0.2) is 0 Å². The van der Waals surface area contributed by atoms with Gasteiger partial charge in [0.25, 0.3) is 0 Å². The number of rotatable bonds is 3. The van der Waals surface area contributed by atoms with Gasteiger partial charge in [0, 0.05) is 1.37 Å². The van der Waals surface area contributed by atoms with Crippen LogP contribution in [0.25, 0.3) is 0 Å². The van der Waals surface area contributed by atoms with Gasteiger partial charge in [0.05, 0.1) is 0 Å². The van der Waals surface area contributed by atoms with Crippen molar-refractivity contribution in [1.29, 1.82) is 0 Å². The first kappa shape index (κ1) is 11.8. The molecule has 0 aliphatic rings. The van der Waals surface area contributed by atoms with E-state index in [1.54, 1.807) is 27.7 Å². The SMILES string of the molecule is [2H]CC(C)(C)OC(=O)N[C@H](C(N)=O)C(C)C. The highest BCUT2D eigenvalue weighted by Gasteiger charge is 2.24. The number of carbonyl (C=O) groups is 2. The fourth-order valence-electron chi connectivity index (χ4n) is 0.974. The zero-order chi connectivity index (χ0) is 12.9. The van der Waals surface area contributed by atoms with Gasteiger partial charge in [-0.15, -0.1) is 0 Å². The van der Waals surface area contributed by atoms with E-state index in [0.717, 1.165) is 0 Å². The third-order valence-electron chi connectivity index (χ3n) is 1.62. The van der Waals surface area contributed by atoms with Crippen LogP contribution >= 0.6 is 0 Å². The van der Waals surface area contributed by atoms with Crippen molar-refractivity contribution in [2.45, 2.75) is 46.2 Å². The Balaban J connectivity index is 4.37. The minimum absolute atomic E-state index is 0.0522. The van der Waals surface area contributed by atoms with Crippen molar-refractivity contribution >= 4 is 12.0 Å². The van der Waals surface area contributed by atoms with Gasteiger partial charge in [-0.05, 0) is 26.7 Å². The molecule has 5 heteroatoms. The molecule has 2 amide bonds. The standard InChI is InChI=1S/C10H20N2O3/c1-6(2)7(8(11)13)12-9(14)15-10(3,4)5/h6-7H,1-5H3,(H2,11,13)(H,12,14)/t7-/m0/s1/i3D. The summed E-state index contributed by atoms with van der Waals surface area (Å²) < 4.78 is 12.1. The normalized spacial score (nSPS) is 14.3. The number of amides is 2. The first-order chi connectivity index (χ1) is 7.19. The van der Waals surface area contributed by atoms with Crippen molar-refractivity contribution in [2.24, 2.45) is 11.7 Å². The van der Waals surface area contributed by atoms with Crippen LogP contribution in [0, 0.1) is 5.92 Å². The van der Waals surface area contributed by atoms with E-state index < -0.39 is 23.6 Å². The highest BCUT2D eigenvalue weighted by atomic mass is 16.6. The summed E-state index contributed by atoms with van der Waals surface area (Å²) in [4.78, 5) is 22.4. The van der Waals surface area contributed by atoms with E-state index in [4.69, 9.17) is 11.8 Å². The van der Waals surface area contributed by atoms with Gasteiger partial charge < -0.3 is 15.8 Å². The molecule has 1 atom stereocenters. The topological polar surface area (TPSA) is 81.4 Å². The van der Waals surface area contributed by atoms with E-state index in [1.807, 2.05) is 0 Å². The lowest BCUT2D eigenvalue weighted by Crippen LogP contribution is -2.49. The molecular formula is C10H20N2O3. The quantitative estimate of drug-likeness (QED) is 0.740. The van der Waals surface area contributed by atoms with Gasteiger partial charge in [-0.3, -0.25) is 4.79 Å². The second-order valence-electron chi connectivity index (χ2n) is 4.42. The Morgan fingerprint density at radius 1 is 1.47 bits per heavy atom. The minimum atomic E-state index is -0.872. The number of hydrogen-bond acceptors (Lipinski definition) is 3.